The van der Waals surface area contributed by atoms with E-state index in [4.69, 9.17) is 5.73 Å². The topological polar surface area (TPSA) is 113 Å². The van der Waals surface area contributed by atoms with Crippen molar-refractivity contribution in [3.8, 4) is 10.4 Å². The minimum absolute atomic E-state index is 0.0974. The van der Waals surface area contributed by atoms with Crippen LogP contribution in [0.2, 0.25) is 0 Å². The van der Waals surface area contributed by atoms with E-state index >= 15 is 0 Å². The van der Waals surface area contributed by atoms with Crippen LogP contribution in [0, 0.1) is 0 Å². The summed E-state index contributed by atoms with van der Waals surface area (Å²) in [5.74, 6) is -0.930. The van der Waals surface area contributed by atoms with Gasteiger partial charge in [0.1, 0.15) is 5.82 Å². The standard InChI is InChI=1S/C21H15N5O2S/c22-21-25-16(20(27)28)8-19(26-21)24-13-5-12-9-23-10-15(12)14(7-13)18-6-11-3-1-2-4-17(11)29-18/h1-9H,10H2,(H,27,28)(H3,22,24,25,26). The molecule has 0 atom stereocenters. The van der Waals surface area contributed by atoms with E-state index in [2.05, 4.69) is 38.5 Å². The van der Waals surface area contributed by atoms with Crippen LogP contribution in [-0.4, -0.2) is 27.3 Å². The summed E-state index contributed by atoms with van der Waals surface area (Å²) in [7, 11) is 0. The van der Waals surface area contributed by atoms with Crippen molar-refractivity contribution in [3.05, 3.63) is 65.4 Å². The predicted molar refractivity (Wildman–Crippen MR) is 115 cm³/mol. The molecule has 4 aromatic rings. The van der Waals surface area contributed by atoms with Crippen LogP contribution in [0.4, 0.5) is 17.5 Å². The number of aromatic nitrogens is 2. The van der Waals surface area contributed by atoms with Crippen molar-refractivity contribution < 1.29 is 9.90 Å². The molecule has 0 amide bonds. The first-order valence-corrected chi connectivity index (χ1v) is 9.69. The number of benzene rings is 2. The van der Waals surface area contributed by atoms with Crippen LogP contribution in [0.15, 0.2) is 53.5 Å². The molecule has 8 heteroatoms. The number of nitrogens with two attached hydrogens (primary N) is 1. The molecule has 2 aromatic carbocycles. The first kappa shape index (κ1) is 17.3. The average molecular weight is 401 g/mol. The zero-order chi connectivity index (χ0) is 20.0. The van der Waals surface area contributed by atoms with E-state index in [0.717, 1.165) is 21.7 Å². The van der Waals surface area contributed by atoms with E-state index < -0.39 is 5.97 Å². The van der Waals surface area contributed by atoms with Crippen molar-refractivity contribution >= 4 is 51.1 Å². The highest BCUT2D eigenvalue weighted by Crippen LogP contribution is 2.39. The Morgan fingerprint density at radius 1 is 1.14 bits per heavy atom. The zero-order valence-electron chi connectivity index (χ0n) is 15.1. The number of nitrogens with zero attached hydrogens (tertiary/aromatic N) is 3. The second-order valence-corrected chi connectivity index (χ2v) is 7.72. The maximum absolute atomic E-state index is 11.2. The van der Waals surface area contributed by atoms with Crippen LogP contribution in [0.5, 0.6) is 0 Å². The van der Waals surface area contributed by atoms with Gasteiger partial charge in [0, 0.05) is 33.1 Å². The minimum Gasteiger partial charge on any atom is -0.477 e. The fraction of sp³-hybridized carbons (Fsp3) is 0.0476. The van der Waals surface area contributed by atoms with E-state index in [1.165, 1.54) is 21.7 Å². The molecule has 0 fully saturated rings. The second-order valence-electron chi connectivity index (χ2n) is 6.64. The molecule has 7 nitrogen and oxygen atoms in total. The number of carboxylic acid groups (broad SMARTS) is 1. The normalized spacial score (nSPS) is 12.3. The van der Waals surface area contributed by atoms with Gasteiger partial charge in [0.15, 0.2) is 5.69 Å². The van der Waals surface area contributed by atoms with Gasteiger partial charge in [-0.05, 0) is 40.8 Å². The zero-order valence-corrected chi connectivity index (χ0v) is 15.9. The van der Waals surface area contributed by atoms with Gasteiger partial charge in [-0.15, -0.1) is 11.3 Å². The molecular weight excluding hydrogens is 386 g/mol. The number of nitrogen functional groups attached to an aromatic ring is 1. The number of nitrogens with one attached hydrogen (secondary N) is 1. The molecule has 4 N–H and O–H groups in total. The first-order valence-electron chi connectivity index (χ1n) is 8.87. The van der Waals surface area contributed by atoms with Gasteiger partial charge in [0.2, 0.25) is 5.95 Å². The van der Waals surface area contributed by atoms with Crippen LogP contribution < -0.4 is 11.1 Å². The maximum atomic E-state index is 11.2. The number of carbonyl (C=O) groups is 1. The highest BCUT2D eigenvalue weighted by Gasteiger charge is 2.17. The van der Waals surface area contributed by atoms with Crippen molar-refractivity contribution in [2.24, 2.45) is 4.99 Å². The number of rotatable bonds is 4. The number of fused-ring (bicyclic) bond motifs is 2. The highest BCUT2D eigenvalue weighted by molar-refractivity contribution is 7.22. The van der Waals surface area contributed by atoms with Crippen molar-refractivity contribution in [1.29, 1.82) is 0 Å². The Kier molecular flexibility index (Phi) is 3.99. The van der Waals surface area contributed by atoms with Crippen LogP contribution in [-0.2, 0) is 6.54 Å². The molecule has 2 aromatic heterocycles. The number of hydrogen-bond donors (Lipinski definition) is 3. The monoisotopic (exact) mass is 401 g/mol. The Morgan fingerprint density at radius 3 is 2.83 bits per heavy atom. The Hall–Kier alpha value is -3.78. The van der Waals surface area contributed by atoms with E-state index in [9.17, 15) is 9.90 Å². The lowest BCUT2D eigenvalue weighted by atomic mass is 10.0. The third-order valence-electron chi connectivity index (χ3n) is 4.69. The molecule has 0 radical (unpaired) electrons. The van der Waals surface area contributed by atoms with E-state index in [0.29, 0.717) is 12.4 Å². The molecular formula is C21H15N5O2S. The minimum atomic E-state index is -1.16. The van der Waals surface area contributed by atoms with Gasteiger partial charge >= 0.3 is 5.97 Å². The summed E-state index contributed by atoms with van der Waals surface area (Å²) in [6.45, 7) is 0.642. The van der Waals surface area contributed by atoms with Gasteiger partial charge in [-0.3, -0.25) is 4.99 Å². The number of thiophene rings is 1. The summed E-state index contributed by atoms with van der Waals surface area (Å²) >= 11 is 1.73. The van der Waals surface area contributed by atoms with Crippen molar-refractivity contribution in [3.63, 3.8) is 0 Å². The van der Waals surface area contributed by atoms with Crippen LogP contribution >= 0.6 is 11.3 Å². The maximum Gasteiger partial charge on any atom is 0.354 e. The molecule has 0 bridgehead atoms. The lowest BCUT2D eigenvalue weighted by Gasteiger charge is -2.12. The Morgan fingerprint density at radius 2 is 2.00 bits per heavy atom. The predicted octanol–water partition coefficient (Wildman–Crippen LogP) is 4.31. The van der Waals surface area contributed by atoms with Gasteiger partial charge in [-0.25, -0.2) is 9.78 Å². The summed E-state index contributed by atoms with van der Waals surface area (Å²) in [6, 6.07) is 15.8. The molecule has 29 heavy (non-hydrogen) atoms. The molecule has 0 saturated heterocycles. The summed E-state index contributed by atoms with van der Waals surface area (Å²) in [5.41, 5.74) is 9.59. The SMILES string of the molecule is Nc1nc(Nc2cc3c(c(-c4cc5ccccc5s4)c2)CN=C3)cc(C(=O)O)n1. The number of carboxylic acids is 1. The Labute approximate surface area is 169 Å². The number of hydrogen-bond acceptors (Lipinski definition) is 7. The molecule has 0 aliphatic carbocycles. The summed E-state index contributed by atoms with van der Waals surface area (Å²) in [5, 5.41) is 13.6. The first-order chi connectivity index (χ1) is 14.1. The van der Waals surface area contributed by atoms with Crippen LogP contribution in [0.25, 0.3) is 20.5 Å². The third kappa shape index (κ3) is 3.19. The third-order valence-corrected chi connectivity index (χ3v) is 5.84. The van der Waals surface area contributed by atoms with Gasteiger partial charge in [0.25, 0.3) is 0 Å². The number of aromatic carboxylic acids is 1. The number of aliphatic imine (C=N–C) groups is 1. The molecule has 0 saturated carbocycles. The molecule has 0 spiro atoms. The van der Waals surface area contributed by atoms with Gasteiger partial charge in [0.05, 0.1) is 6.54 Å². The molecule has 5 rings (SSSR count). The van der Waals surface area contributed by atoms with E-state index in [-0.39, 0.29) is 11.6 Å². The highest BCUT2D eigenvalue weighted by atomic mass is 32.1. The van der Waals surface area contributed by atoms with Crippen LogP contribution in [0.1, 0.15) is 21.6 Å². The molecule has 3 heterocycles. The van der Waals surface area contributed by atoms with Gasteiger partial charge in [-0.1, -0.05) is 18.2 Å². The quantitative estimate of drug-likeness (QED) is 0.469. The lowest BCUT2D eigenvalue weighted by molar-refractivity contribution is 0.0690. The smallest absolute Gasteiger partial charge is 0.354 e. The Bertz CT molecular complexity index is 1280. The van der Waals surface area contributed by atoms with Crippen molar-refractivity contribution in [1.82, 2.24) is 9.97 Å². The summed E-state index contributed by atoms with van der Waals surface area (Å²) in [4.78, 5) is 24.7. The van der Waals surface area contributed by atoms with Crippen molar-refractivity contribution in [2.75, 3.05) is 11.1 Å². The van der Waals surface area contributed by atoms with Crippen molar-refractivity contribution in [2.45, 2.75) is 6.54 Å². The van der Waals surface area contributed by atoms with E-state index in [1.54, 1.807) is 11.3 Å². The number of anilines is 3. The lowest BCUT2D eigenvalue weighted by Crippen LogP contribution is -2.07. The fourth-order valence-corrected chi connectivity index (χ4v) is 4.52. The van der Waals surface area contributed by atoms with E-state index in [1.807, 2.05) is 30.5 Å². The molecule has 1 aliphatic heterocycles. The van der Waals surface area contributed by atoms with Crippen LogP contribution in [0.3, 0.4) is 0 Å². The second kappa shape index (κ2) is 6.68. The largest absolute Gasteiger partial charge is 0.477 e. The Balaban J connectivity index is 1.59. The molecule has 142 valence electrons. The van der Waals surface area contributed by atoms with Gasteiger partial charge < -0.3 is 16.2 Å². The molecule has 1 aliphatic rings. The fourth-order valence-electron chi connectivity index (χ4n) is 3.42. The van der Waals surface area contributed by atoms with Gasteiger partial charge in [-0.2, -0.15) is 4.98 Å². The summed E-state index contributed by atoms with van der Waals surface area (Å²) < 4.78 is 1.23. The molecule has 0 unspecified atom stereocenters. The summed E-state index contributed by atoms with van der Waals surface area (Å²) in [6.07, 6.45) is 1.86. The average Bonchev–Trinajstić information content (AvgIpc) is 3.33.